The normalized spacial score (nSPS) is 25.3. The molecule has 0 aromatic carbocycles. The van der Waals surface area contributed by atoms with Gasteiger partial charge >= 0.3 is 0 Å². The summed E-state index contributed by atoms with van der Waals surface area (Å²) >= 11 is 0. The minimum atomic E-state index is 0.480. The van der Waals surface area contributed by atoms with Crippen LogP contribution in [0.1, 0.15) is 39.0 Å². The Labute approximate surface area is 99.5 Å². The lowest BCUT2D eigenvalue weighted by Crippen LogP contribution is -2.60. The maximum absolute atomic E-state index is 5.63. The first-order valence-electron chi connectivity index (χ1n) is 6.91. The smallest absolute Gasteiger partial charge is 0.0593 e. The van der Waals surface area contributed by atoms with Crippen LogP contribution in [-0.2, 0) is 4.74 Å². The van der Waals surface area contributed by atoms with Crippen LogP contribution < -0.4 is 5.32 Å². The number of hydrogen-bond donors (Lipinski definition) is 1. The van der Waals surface area contributed by atoms with Crippen LogP contribution in [0, 0.1) is 0 Å². The second kappa shape index (κ2) is 5.99. The molecule has 1 N–H and O–H groups in total. The number of piperazine rings is 1. The molecule has 3 nitrogen and oxygen atoms in total. The van der Waals surface area contributed by atoms with Crippen molar-refractivity contribution in [2.24, 2.45) is 0 Å². The molecule has 1 saturated heterocycles. The van der Waals surface area contributed by atoms with E-state index in [2.05, 4.69) is 17.1 Å². The van der Waals surface area contributed by atoms with Gasteiger partial charge in [0.25, 0.3) is 0 Å². The topological polar surface area (TPSA) is 24.5 Å². The Morgan fingerprint density at radius 3 is 2.81 bits per heavy atom. The first-order valence-corrected chi connectivity index (χ1v) is 6.91. The Kier molecular flexibility index (Phi) is 4.62. The van der Waals surface area contributed by atoms with Crippen molar-refractivity contribution in [3.8, 4) is 0 Å². The second-order valence-electron chi connectivity index (χ2n) is 5.21. The summed E-state index contributed by atoms with van der Waals surface area (Å²) in [5, 5.41) is 3.57. The fraction of sp³-hybridized carbons (Fsp3) is 1.00. The lowest BCUT2D eigenvalue weighted by Gasteiger charge is -2.45. The predicted octanol–water partition coefficient (Wildman–Crippen LogP) is 1.63. The minimum Gasteiger partial charge on any atom is -0.380 e. The summed E-state index contributed by atoms with van der Waals surface area (Å²) in [6, 6.07) is 0. The van der Waals surface area contributed by atoms with Gasteiger partial charge in [0.15, 0.2) is 0 Å². The van der Waals surface area contributed by atoms with E-state index in [0.29, 0.717) is 5.54 Å². The van der Waals surface area contributed by atoms with Crippen LogP contribution in [0.25, 0.3) is 0 Å². The van der Waals surface area contributed by atoms with Gasteiger partial charge in [0.2, 0.25) is 0 Å². The molecule has 94 valence electrons. The molecule has 0 radical (unpaired) electrons. The molecule has 0 unspecified atom stereocenters. The third-order valence-corrected chi connectivity index (χ3v) is 4.07. The highest BCUT2D eigenvalue weighted by atomic mass is 16.5. The van der Waals surface area contributed by atoms with E-state index < -0.39 is 0 Å². The number of nitrogens with one attached hydrogen (secondary N) is 1. The van der Waals surface area contributed by atoms with Crippen molar-refractivity contribution >= 4 is 0 Å². The van der Waals surface area contributed by atoms with Crippen molar-refractivity contribution in [3.63, 3.8) is 0 Å². The van der Waals surface area contributed by atoms with E-state index in [0.717, 1.165) is 32.7 Å². The molecule has 0 bridgehead atoms. The zero-order chi connectivity index (χ0) is 11.3. The first kappa shape index (κ1) is 12.3. The summed E-state index contributed by atoms with van der Waals surface area (Å²) in [5.41, 5.74) is 0.480. The summed E-state index contributed by atoms with van der Waals surface area (Å²) in [5.74, 6) is 0. The van der Waals surface area contributed by atoms with Crippen LogP contribution >= 0.6 is 0 Å². The van der Waals surface area contributed by atoms with Gasteiger partial charge in [-0.1, -0.05) is 19.8 Å². The highest BCUT2D eigenvalue weighted by molar-refractivity contribution is 4.99. The van der Waals surface area contributed by atoms with E-state index in [1.54, 1.807) is 0 Å². The second-order valence-corrected chi connectivity index (χ2v) is 5.21. The third-order valence-electron chi connectivity index (χ3n) is 4.07. The van der Waals surface area contributed by atoms with Gasteiger partial charge in [-0.15, -0.1) is 0 Å². The number of hydrogen-bond acceptors (Lipinski definition) is 3. The average molecular weight is 226 g/mol. The van der Waals surface area contributed by atoms with E-state index in [-0.39, 0.29) is 0 Å². The number of nitrogens with zero attached hydrogens (tertiary/aromatic N) is 1. The van der Waals surface area contributed by atoms with Crippen molar-refractivity contribution in [2.75, 3.05) is 39.4 Å². The lowest BCUT2D eigenvalue weighted by atomic mass is 9.93. The molecule has 1 aliphatic heterocycles. The van der Waals surface area contributed by atoms with Gasteiger partial charge in [0.1, 0.15) is 0 Å². The van der Waals surface area contributed by atoms with E-state index in [1.165, 1.54) is 38.8 Å². The summed E-state index contributed by atoms with van der Waals surface area (Å²) in [7, 11) is 0. The summed E-state index contributed by atoms with van der Waals surface area (Å²) in [4.78, 5) is 2.69. The van der Waals surface area contributed by atoms with Crippen molar-refractivity contribution in [2.45, 2.75) is 44.6 Å². The van der Waals surface area contributed by atoms with Gasteiger partial charge in [-0.05, 0) is 19.3 Å². The molecule has 3 heteroatoms. The maximum Gasteiger partial charge on any atom is 0.0593 e. The molecule has 0 amide bonds. The van der Waals surface area contributed by atoms with Crippen molar-refractivity contribution < 1.29 is 4.74 Å². The van der Waals surface area contributed by atoms with Crippen LogP contribution in [0.3, 0.4) is 0 Å². The van der Waals surface area contributed by atoms with Crippen LogP contribution in [0.2, 0.25) is 0 Å². The summed E-state index contributed by atoms with van der Waals surface area (Å²) in [6.07, 6.45) is 6.72. The number of ether oxygens (including phenoxy) is 1. The maximum atomic E-state index is 5.63. The molecule has 2 aliphatic rings. The lowest BCUT2D eigenvalue weighted by molar-refractivity contribution is 0.0276. The average Bonchev–Trinajstić information content (AvgIpc) is 2.76. The van der Waals surface area contributed by atoms with Crippen molar-refractivity contribution in [3.05, 3.63) is 0 Å². The molecule has 1 aliphatic carbocycles. The third kappa shape index (κ3) is 2.76. The molecule has 1 saturated carbocycles. The Morgan fingerprint density at radius 1 is 1.25 bits per heavy atom. The molecule has 1 heterocycles. The molecule has 0 aromatic heterocycles. The van der Waals surface area contributed by atoms with Gasteiger partial charge in [-0.25, -0.2) is 0 Å². The van der Waals surface area contributed by atoms with Crippen molar-refractivity contribution in [1.29, 1.82) is 0 Å². The SMILES string of the molecule is CCCOCCN1CCNCC12CCCC2. The monoisotopic (exact) mass is 226 g/mol. The van der Waals surface area contributed by atoms with E-state index in [1.807, 2.05) is 0 Å². The van der Waals surface area contributed by atoms with Crippen LogP contribution in [0.15, 0.2) is 0 Å². The quantitative estimate of drug-likeness (QED) is 0.721. The van der Waals surface area contributed by atoms with Gasteiger partial charge in [-0.3, -0.25) is 4.90 Å². The van der Waals surface area contributed by atoms with E-state index in [4.69, 9.17) is 4.74 Å². The zero-order valence-electron chi connectivity index (χ0n) is 10.6. The van der Waals surface area contributed by atoms with Gasteiger partial charge < -0.3 is 10.1 Å². The standard InChI is InChI=1S/C13H26N2O/c1-2-10-16-11-9-15-8-7-14-12-13(15)5-3-4-6-13/h14H,2-12H2,1H3. The fourth-order valence-corrected chi connectivity index (χ4v) is 3.18. The molecule has 2 fully saturated rings. The Bertz CT molecular complexity index is 202. The molecule has 0 atom stereocenters. The largest absolute Gasteiger partial charge is 0.380 e. The van der Waals surface area contributed by atoms with Crippen molar-refractivity contribution in [1.82, 2.24) is 10.2 Å². The van der Waals surface area contributed by atoms with Gasteiger partial charge in [-0.2, -0.15) is 0 Å². The van der Waals surface area contributed by atoms with E-state index in [9.17, 15) is 0 Å². The highest BCUT2D eigenvalue weighted by Gasteiger charge is 2.40. The molecule has 0 aromatic rings. The Morgan fingerprint density at radius 2 is 2.06 bits per heavy atom. The van der Waals surface area contributed by atoms with Crippen LogP contribution in [0.4, 0.5) is 0 Å². The van der Waals surface area contributed by atoms with Crippen LogP contribution in [0.5, 0.6) is 0 Å². The molecule has 16 heavy (non-hydrogen) atoms. The van der Waals surface area contributed by atoms with Gasteiger partial charge in [0, 0.05) is 38.3 Å². The zero-order valence-corrected chi connectivity index (χ0v) is 10.6. The summed E-state index contributed by atoms with van der Waals surface area (Å²) < 4.78 is 5.63. The Hall–Kier alpha value is -0.120. The first-order chi connectivity index (χ1) is 7.87. The van der Waals surface area contributed by atoms with Crippen LogP contribution in [-0.4, -0.2) is 49.8 Å². The Balaban J connectivity index is 1.80. The molecule has 1 spiro atoms. The summed E-state index contributed by atoms with van der Waals surface area (Å²) in [6.45, 7) is 8.67. The molecular weight excluding hydrogens is 200 g/mol. The predicted molar refractivity (Wildman–Crippen MR) is 66.8 cm³/mol. The highest BCUT2D eigenvalue weighted by Crippen LogP contribution is 2.35. The minimum absolute atomic E-state index is 0.480. The molecular formula is C13H26N2O. The van der Waals surface area contributed by atoms with E-state index >= 15 is 0 Å². The van der Waals surface area contributed by atoms with Gasteiger partial charge in [0.05, 0.1) is 6.61 Å². The molecule has 2 rings (SSSR count). The fourth-order valence-electron chi connectivity index (χ4n) is 3.18. The number of rotatable bonds is 5.